The smallest absolute Gasteiger partial charge is 0.147 e. The molecule has 0 saturated carbocycles. The first kappa shape index (κ1) is 11.8. The zero-order valence-corrected chi connectivity index (χ0v) is 10.2. The lowest BCUT2D eigenvalue weighted by Gasteiger charge is -2.16. The first-order valence-electron chi connectivity index (χ1n) is 5.97. The molecule has 0 aliphatic carbocycles. The average molecular weight is 234 g/mol. The van der Waals surface area contributed by atoms with Gasteiger partial charge >= 0.3 is 0 Å². The fourth-order valence-electron chi connectivity index (χ4n) is 1.89. The number of rotatable bonds is 6. The zero-order chi connectivity index (χ0) is 12.1. The second kappa shape index (κ2) is 5.58. The van der Waals surface area contributed by atoms with Gasteiger partial charge in [-0.1, -0.05) is 13.8 Å². The first-order chi connectivity index (χ1) is 8.36. The van der Waals surface area contributed by atoms with E-state index >= 15 is 0 Å². The summed E-state index contributed by atoms with van der Waals surface area (Å²) in [5.41, 5.74) is 1.12. The molecule has 0 aliphatic rings. The monoisotopic (exact) mass is 234 g/mol. The van der Waals surface area contributed by atoms with Crippen LogP contribution in [0.15, 0.2) is 18.6 Å². The summed E-state index contributed by atoms with van der Waals surface area (Å²) < 4.78 is 2.01. The number of aryl methyl sites for hydroxylation is 1. The van der Waals surface area contributed by atoms with Crippen LogP contribution in [0.4, 0.5) is 0 Å². The lowest BCUT2D eigenvalue weighted by molar-refractivity contribution is 0.508. The topological polar surface area (TPSA) is 71.4 Å². The molecule has 0 amide bonds. The predicted octanol–water partition coefficient (Wildman–Crippen LogP) is 1.11. The SMILES string of the molecule is CCCn1nccc1C(NCC)c1ncn[nH]1. The van der Waals surface area contributed by atoms with Crippen LogP contribution in [0, 0.1) is 0 Å². The Morgan fingerprint density at radius 2 is 2.35 bits per heavy atom. The Kier molecular flexibility index (Phi) is 3.87. The van der Waals surface area contributed by atoms with E-state index in [1.165, 1.54) is 6.33 Å². The van der Waals surface area contributed by atoms with Crippen molar-refractivity contribution < 1.29 is 0 Å². The molecule has 2 N–H and O–H groups in total. The van der Waals surface area contributed by atoms with Crippen LogP contribution in [-0.4, -0.2) is 31.5 Å². The van der Waals surface area contributed by atoms with Crippen molar-refractivity contribution in [1.29, 1.82) is 0 Å². The van der Waals surface area contributed by atoms with Gasteiger partial charge in [-0.3, -0.25) is 9.78 Å². The predicted molar refractivity (Wildman–Crippen MR) is 64.4 cm³/mol. The molecule has 2 aromatic rings. The molecule has 17 heavy (non-hydrogen) atoms. The summed E-state index contributed by atoms with van der Waals surface area (Å²) >= 11 is 0. The number of H-pyrrole nitrogens is 1. The highest BCUT2D eigenvalue weighted by molar-refractivity contribution is 5.15. The van der Waals surface area contributed by atoms with Gasteiger partial charge < -0.3 is 5.32 Å². The minimum atomic E-state index is 0.0246. The molecule has 6 nitrogen and oxygen atoms in total. The second-order valence-electron chi connectivity index (χ2n) is 3.84. The Morgan fingerprint density at radius 3 is 3.00 bits per heavy atom. The molecule has 1 unspecified atom stereocenters. The van der Waals surface area contributed by atoms with E-state index in [2.05, 4.69) is 39.4 Å². The molecular formula is C11H18N6. The lowest BCUT2D eigenvalue weighted by atomic mass is 10.2. The molecule has 2 heterocycles. The number of aromatic amines is 1. The van der Waals surface area contributed by atoms with Crippen molar-refractivity contribution in [3.63, 3.8) is 0 Å². The Balaban J connectivity index is 2.29. The van der Waals surface area contributed by atoms with Crippen LogP contribution in [0.25, 0.3) is 0 Å². The maximum Gasteiger partial charge on any atom is 0.147 e. The second-order valence-corrected chi connectivity index (χ2v) is 3.84. The van der Waals surface area contributed by atoms with Crippen molar-refractivity contribution >= 4 is 0 Å². The molecule has 2 aromatic heterocycles. The fourth-order valence-corrected chi connectivity index (χ4v) is 1.89. The average Bonchev–Trinajstić information content (AvgIpc) is 2.97. The molecule has 6 heteroatoms. The third kappa shape index (κ3) is 2.52. The van der Waals surface area contributed by atoms with Crippen molar-refractivity contribution in [2.45, 2.75) is 32.9 Å². The molecule has 0 aliphatic heterocycles. The molecule has 1 atom stereocenters. The molecule has 0 aromatic carbocycles. The fraction of sp³-hybridized carbons (Fsp3) is 0.545. The Morgan fingerprint density at radius 1 is 1.47 bits per heavy atom. The largest absolute Gasteiger partial charge is 0.303 e. The van der Waals surface area contributed by atoms with Gasteiger partial charge in [-0.25, -0.2) is 4.98 Å². The van der Waals surface area contributed by atoms with Crippen LogP contribution >= 0.6 is 0 Å². The van der Waals surface area contributed by atoms with Crippen LogP contribution < -0.4 is 5.32 Å². The van der Waals surface area contributed by atoms with Gasteiger partial charge in [0.05, 0.1) is 5.69 Å². The van der Waals surface area contributed by atoms with Gasteiger partial charge in [0, 0.05) is 12.7 Å². The van der Waals surface area contributed by atoms with Gasteiger partial charge in [0.25, 0.3) is 0 Å². The normalized spacial score (nSPS) is 12.8. The summed E-state index contributed by atoms with van der Waals surface area (Å²) in [5, 5.41) is 14.5. The van der Waals surface area contributed by atoms with E-state index in [-0.39, 0.29) is 6.04 Å². The van der Waals surface area contributed by atoms with Gasteiger partial charge in [0.1, 0.15) is 18.2 Å². The summed E-state index contributed by atoms with van der Waals surface area (Å²) in [6.45, 7) is 5.99. The molecule has 0 spiro atoms. The summed E-state index contributed by atoms with van der Waals surface area (Å²) in [6, 6.07) is 2.04. The van der Waals surface area contributed by atoms with Gasteiger partial charge in [0.2, 0.25) is 0 Å². The lowest BCUT2D eigenvalue weighted by Crippen LogP contribution is -2.26. The van der Waals surface area contributed by atoms with E-state index in [0.717, 1.165) is 31.0 Å². The minimum absolute atomic E-state index is 0.0246. The quantitative estimate of drug-likeness (QED) is 0.785. The Bertz CT molecular complexity index is 433. The van der Waals surface area contributed by atoms with E-state index in [1.54, 1.807) is 0 Å². The third-order valence-electron chi connectivity index (χ3n) is 2.60. The highest BCUT2D eigenvalue weighted by Gasteiger charge is 2.19. The number of nitrogens with zero attached hydrogens (tertiary/aromatic N) is 4. The zero-order valence-electron chi connectivity index (χ0n) is 10.2. The van der Waals surface area contributed by atoms with Crippen LogP contribution in [0.2, 0.25) is 0 Å². The molecule has 0 fully saturated rings. The number of hydrogen-bond acceptors (Lipinski definition) is 4. The molecule has 92 valence electrons. The van der Waals surface area contributed by atoms with Crippen molar-refractivity contribution in [3.05, 3.63) is 30.1 Å². The maximum absolute atomic E-state index is 4.33. The highest BCUT2D eigenvalue weighted by atomic mass is 15.3. The third-order valence-corrected chi connectivity index (χ3v) is 2.60. The standard InChI is InChI=1S/C11H18N6/c1-3-7-17-9(5-6-15-17)10(12-4-2)11-13-8-14-16-11/h5-6,8,10,12H,3-4,7H2,1-2H3,(H,13,14,16). The van der Waals surface area contributed by atoms with E-state index < -0.39 is 0 Å². The number of nitrogens with one attached hydrogen (secondary N) is 2. The van der Waals surface area contributed by atoms with Crippen molar-refractivity contribution in [2.24, 2.45) is 0 Å². The van der Waals surface area contributed by atoms with Crippen molar-refractivity contribution in [1.82, 2.24) is 30.3 Å². The highest BCUT2D eigenvalue weighted by Crippen LogP contribution is 2.18. The number of aromatic nitrogens is 5. The molecule has 0 saturated heterocycles. The first-order valence-corrected chi connectivity index (χ1v) is 5.97. The Hall–Kier alpha value is -1.69. The van der Waals surface area contributed by atoms with Gasteiger partial charge in [0.15, 0.2) is 0 Å². The molecule has 2 rings (SSSR count). The molecular weight excluding hydrogens is 216 g/mol. The van der Waals surface area contributed by atoms with Crippen LogP contribution in [0.3, 0.4) is 0 Å². The Labute approximate surface area is 100 Å². The number of hydrogen-bond donors (Lipinski definition) is 2. The van der Waals surface area contributed by atoms with Crippen LogP contribution in [-0.2, 0) is 6.54 Å². The van der Waals surface area contributed by atoms with E-state index in [4.69, 9.17) is 0 Å². The summed E-state index contributed by atoms with van der Waals surface area (Å²) in [7, 11) is 0. The van der Waals surface area contributed by atoms with Gasteiger partial charge in [-0.2, -0.15) is 10.2 Å². The van der Waals surface area contributed by atoms with Crippen molar-refractivity contribution in [2.75, 3.05) is 6.54 Å². The van der Waals surface area contributed by atoms with Crippen molar-refractivity contribution in [3.8, 4) is 0 Å². The molecule has 0 radical (unpaired) electrons. The minimum Gasteiger partial charge on any atom is -0.303 e. The van der Waals surface area contributed by atoms with E-state index in [9.17, 15) is 0 Å². The summed E-state index contributed by atoms with van der Waals surface area (Å²) in [6.07, 6.45) is 4.41. The van der Waals surface area contributed by atoms with E-state index in [1.807, 2.05) is 16.9 Å². The van der Waals surface area contributed by atoms with Crippen LogP contribution in [0.1, 0.15) is 37.8 Å². The van der Waals surface area contributed by atoms with Gasteiger partial charge in [-0.15, -0.1) is 0 Å². The summed E-state index contributed by atoms with van der Waals surface area (Å²) in [5.74, 6) is 0.824. The maximum atomic E-state index is 4.33. The van der Waals surface area contributed by atoms with Gasteiger partial charge in [-0.05, 0) is 19.0 Å². The summed E-state index contributed by atoms with van der Waals surface area (Å²) in [4.78, 5) is 4.22. The van der Waals surface area contributed by atoms with Crippen LogP contribution in [0.5, 0.6) is 0 Å². The van der Waals surface area contributed by atoms with E-state index in [0.29, 0.717) is 0 Å². The molecule has 0 bridgehead atoms.